The summed E-state index contributed by atoms with van der Waals surface area (Å²) in [6, 6.07) is -0.624. The lowest BCUT2D eigenvalue weighted by atomic mass is 10.0. The van der Waals surface area contributed by atoms with Crippen molar-refractivity contribution in [3.63, 3.8) is 0 Å². The lowest BCUT2D eigenvalue weighted by molar-refractivity contribution is -0.143. The van der Waals surface area contributed by atoms with Crippen molar-refractivity contribution in [2.75, 3.05) is 20.2 Å². The van der Waals surface area contributed by atoms with Crippen molar-refractivity contribution in [2.24, 2.45) is 17.8 Å². The SMILES string of the molecule is C=CCC(C)C(=O)NC.CCCC(C)C(=O)NC(CC(C)C)C(=O)NCC(=O)OCC. The minimum atomic E-state index is -0.624. The first-order chi connectivity index (χ1) is 14.5. The molecule has 0 heterocycles. The number of carbonyl (C=O) groups excluding carboxylic acids is 4. The zero-order valence-corrected chi connectivity index (χ0v) is 20.4. The summed E-state index contributed by atoms with van der Waals surface area (Å²) in [5.74, 6) is -0.692. The molecular formula is C23H43N3O5. The molecule has 0 spiro atoms. The number of allylic oxidation sites excluding steroid dienone is 1. The molecule has 0 bridgehead atoms. The lowest BCUT2D eigenvalue weighted by Crippen LogP contribution is -2.49. The van der Waals surface area contributed by atoms with Crippen molar-refractivity contribution in [3.8, 4) is 0 Å². The Morgan fingerprint density at radius 1 is 0.968 bits per heavy atom. The van der Waals surface area contributed by atoms with Crippen LogP contribution in [0.1, 0.15) is 67.2 Å². The van der Waals surface area contributed by atoms with E-state index in [9.17, 15) is 19.2 Å². The van der Waals surface area contributed by atoms with E-state index >= 15 is 0 Å². The molecule has 0 aliphatic rings. The van der Waals surface area contributed by atoms with Gasteiger partial charge in [-0.05, 0) is 32.1 Å². The molecule has 8 nitrogen and oxygen atoms in total. The summed E-state index contributed by atoms with van der Waals surface area (Å²) in [5.41, 5.74) is 0. The number of hydrogen-bond acceptors (Lipinski definition) is 5. The molecule has 0 saturated carbocycles. The van der Waals surface area contributed by atoms with Crippen LogP contribution < -0.4 is 16.0 Å². The van der Waals surface area contributed by atoms with Crippen molar-refractivity contribution in [2.45, 2.75) is 73.3 Å². The quantitative estimate of drug-likeness (QED) is 0.300. The van der Waals surface area contributed by atoms with Gasteiger partial charge in [-0.15, -0.1) is 6.58 Å². The topological polar surface area (TPSA) is 114 Å². The lowest BCUT2D eigenvalue weighted by Gasteiger charge is -2.22. The molecule has 0 radical (unpaired) electrons. The van der Waals surface area contributed by atoms with Crippen molar-refractivity contribution < 1.29 is 23.9 Å². The van der Waals surface area contributed by atoms with Crippen LogP contribution in [0.2, 0.25) is 0 Å². The normalized spacial score (nSPS) is 13.0. The van der Waals surface area contributed by atoms with Crippen molar-refractivity contribution >= 4 is 23.7 Å². The molecular weight excluding hydrogens is 398 g/mol. The van der Waals surface area contributed by atoms with Gasteiger partial charge in [0, 0.05) is 18.9 Å². The fourth-order valence-electron chi connectivity index (χ4n) is 2.68. The third kappa shape index (κ3) is 16.0. The largest absolute Gasteiger partial charge is 0.465 e. The molecule has 0 aliphatic heterocycles. The minimum Gasteiger partial charge on any atom is -0.465 e. The Hall–Kier alpha value is -2.38. The van der Waals surface area contributed by atoms with E-state index in [1.165, 1.54) is 0 Å². The Morgan fingerprint density at radius 3 is 2.03 bits per heavy atom. The Kier molecular flexibility index (Phi) is 18.3. The van der Waals surface area contributed by atoms with Gasteiger partial charge in [0.15, 0.2) is 0 Å². The number of nitrogens with one attached hydrogen (secondary N) is 3. The molecule has 0 rings (SSSR count). The molecule has 8 heteroatoms. The van der Waals surface area contributed by atoms with Gasteiger partial charge in [0.25, 0.3) is 0 Å². The molecule has 31 heavy (non-hydrogen) atoms. The maximum Gasteiger partial charge on any atom is 0.325 e. The van der Waals surface area contributed by atoms with Gasteiger partial charge in [-0.2, -0.15) is 0 Å². The molecule has 0 aliphatic carbocycles. The smallest absolute Gasteiger partial charge is 0.325 e. The van der Waals surface area contributed by atoms with Gasteiger partial charge < -0.3 is 20.7 Å². The van der Waals surface area contributed by atoms with Crippen molar-refractivity contribution in [3.05, 3.63) is 12.7 Å². The molecule has 3 atom stereocenters. The Morgan fingerprint density at radius 2 is 1.58 bits per heavy atom. The van der Waals surface area contributed by atoms with Gasteiger partial charge in [-0.3, -0.25) is 19.2 Å². The Bertz CT molecular complexity index is 563. The first-order valence-electron chi connectivity index (χ1n) is 11.1. The molecule has 3 N–H and O–H groups in total. The van der Waals surface area contributed by atoms with E-state index in [1.54, 1.807) is 20.0 Å². The molecule has 0 aromatic heterocycles. The van der Waals surface area contributed by atoms with Gasteiger partial charge in [0.05, 0.1) is 6.61 Å². The summed E-state index contributed by atoms with van der Waals surface area (Å²) < 4.78 is 4.76. The summed E-state index contributed by atoms with van der Waals surface area (Å²) in [6.07, 6.45) is 4.72. The van der Waals surface area contributed by atoms with Crippen LogP contribution in [0.15, 0.2) is 12.7 Å². The Labute approximate surface area is 187 Å². The first-order valence-corrected chi connectivity index (χ1v) is 11.1. The highest BCUT2D eigenvalue weighted by molar-refractivity contribution is 5.90. The van der Waals surface area contributed by atoms with E-state index in [4.69, 9.17) is 4.74 Å². The zero-order valence-electron chi connectivity index (χ0n) is 20.4. The standard InChI is InChI=1S/C16H30N2O4.C7H13NO/c1-6-8-12(5)15(20)18-13(9-11(3)4)16(21)17-10-14(19)22-7-2;1-4-5-6(2)7(9)8-3/h11-13H,6-10H2,1-5H3,(H,17,21)(H,18,20);4,6H,1,5H2,2-3H3,(H,8,9). The fraction of sp³-hybridized carbons (Fsp3) is 0.739. The van der Waals surface area contributed by atoms with Crippen LogP contribution in [-0.2, 0) is 23.9 Å². The number of amides is 3. The van der Waals surface area contributed by atoms with Crippen molar-refractivity contribution in [1.82, 2.24) is 16.0 Å². The second-order valence-corrected chi connectivity index (χ2v) is 7.94. The third-order valence-corrected chi connectivity index (χ3v) is 4.44. The van der Waals surface area contributed by atoms with Crippen LogP contribution in [0.3, 0.4) is 0 Å². The Balaban J connectivity index is 0. The predicted molar refractivity (Wildman–Crippen MR) is 123 cm³/mol. The molecule has 0 saturated heterocycles. The van der Waals surface area contributed by atoms with Crippen molar-refractivity contribution in [1.29, 1.82) is 0 Å². The van der Waals surface area contributed by atoms with Crippen LogP contribution in [-0.4, -0.2) is 49.9 Å². The van der Waals surface area contributed by atoms with Gasteiger partial charge in [-0.25, -0.2) is 0 Å². The second kappa shape index (κ2) is 18.4. The zero-order chi connectivity index (χ0) is 24.4. The average molecular weight is 442 g/mol. The van der Waals surface area contributed by atoms with Gasteiger partial charge in [0.2, 0.25) is 17.7 Å². The molecule has 3 unspecified atom stereocenters. The molecule has 180 valence electrons. The third-order valence-electron chi connectivity index (χ3n) is 4.44. The summed E-state index contributed by atoms with van der Waals surface area (Å²) in [7, 11) is 1.64. The predicted octanol–water partition coefficient (Wildman–Crippen LogP) is 2.58. The highest BCUT2D eigenvalue weighted by atomic mass is 16.5. The summed E-state index contributed by atoms with van der Waals surface area (Å²) in [4.78, 5) is 46.3. The van der Waals surface area contributed by atoms with Crippen LogP contribution >= 0.6 is 0 Å². The van der Waals surface area contributed by atoms with Crippen LogP contribution in [0.25, 0.3) is 0 Å². The van der Waals surface area contributed by atoms with Gasteiger partial charge in [0.1, 0.15) is 12.6 Å². The molecule has 0 aromatic carbocycles. The van der Waals surface area contributed by atoms with Crippen LogP contribution in [0.4, 0.5) is 0 Å². The minimum absolute atomic E-state index is 0.0625. The summed E-state index contributed by atoms with van der Waals surface area (Å²) in [5, 5.41) is 7.87. The van der Waals surface area contributed by atoms with E-state index in [0.29, 0.717) is 6.42 Å². The molecule has 3 amide bonds. The highest BCUT2D eigenvalue weighted by Gasteiger charge is 2.24. The van der Waals surface area contributed by atoms with E-state index in [-0.39, 0.29) is 48.6 Å². The number of rotatable bonds is 13. The van der Waals surface area contributed by atoms with Gasteiger partial charge >= 0.3 is 5.97 Å². The molecule has 0 aromatic rings. The van der Waals surface area contributed by atoms with E-state index in [1.807, 2.05) is 34.6 Å². The maximum atomic E-state index is 12.2. The van der Waals surface area contributed by atoms with Gasteiger partial charge in [-0.1, -0.05) is 47.1 Å². The average Bonchev–Trinajstić information content (AvgIpc) is 2.71. The number of carbonyl (C=O) groups is 4. The van der Waals surface area contributed by atoms with Crippen LogP contribution in [0, 0.1) is 17.8 Å². The molecule has 0 fully saturated rings. The summed E-state index contributed by atoms with van der Waals surface area (Å²) >= 11 is 0. The number of hydrogen-bond donors (Lipinski definition) is 3. The highest BCUT2D eigenvalue weighted by Crippen LogP contribution is 2.09. The second-order valence-electron chi connectivity index (χ2n) is 7.94. The monoisotopic (exact) mass is 441 g/mol. The first kappa shape index (κ1) is 30.8. The summed E-state index contributed by atoms with van der Waals surface area (Å²) in [6.45, 7) is 15.0. The maximum absolute atomic E-state index is 12.2. The van der Waals surface area contributed by atoms with E-state index in [2.05, 4.69) is 22.5 Å². The fourth-order valence-corrected chi connectivity index (χ4v) is 2.68. The van der Waals surface area contributed by atoms with Crippen LogP contribution in [0.5, 0.6) is 0 Å². The number of esters is 1. The number of ether oxygens (including phenoxy) is 1. The van der Waals surface area contributed by atoms with E-state index in [0.717, 1.165) is 19.3 Å². The van der Waals surface area contributed by atoms with E-state index < -0.39 is 12.0 Å².